The fourth-order valence-corrected chi connectivity index (χ4v) is 5.90. The van der Waals surface area contributed by atoms with Crippen LogP contribution in [0.4, 0.5) is 0 Å². The minimum Gasteiger partial charge on any atom is -0.0619 e. The molecule has 3 aliphatic rings. The van der Waals surface area contributed by atoms with Crippen LogP contribution in [0.3, 0.4) is 0 Å². The van der Waals surface area contributed by atoms with E-state index in [4.69, 9.17) is 0 Å². The van der Waals surface area contributed by atoms with Crippen LogP contribution in [0, 0.1) is 11.8 Å². The summed E-state index contributed by atoms with van der Waals surface area (Å²) in [6.45, 7) is 0. The van der Waals surface area contributed by atoms with E-state index in [9.17, 15) is 0 Å². The molecule has 0 aromatic heterocycles. The Balaban J connectivity index is 1.87. The van der Waals surface area contributed by atoms with Crippen molar-refractivity contribution < 1.29 is 0 Å². The molecule has 5 rings (SSSR count). The molecule has 0 saturated heterocycles. The van der Waals surface area contributed by atoms with E-state index >= 15 is 0 Å². The smallest absolute Gasteiger partial charge is 0.0271 e. The monoisotopic (exact) mass is 274 g/mol. The molecule has 0 heteroatoms. The van der Waals surface area contributed by atoms with Crippen molar-refractivity contribution in [2.24, 2.45) is 11.8 Å². The SMILES string of the molecule is c1ccc2c(c1)-c1ccccc1C21C2CCCCC1CC2. The molecule has 0 N–H and O–H groups in total. The highest BCUT2D eigenvalue weighted by molar-refractivity contribution is 5.81. The van der Waals surface area contributed by atoms with Crippen molar-refractivity contribution in [2.45, 2.75) is 43.9 Å². The fourth-order valence-electron chi connectivity index (χ4n) is 5.90. The van der Waals surface area contributed by atoms with Crippen LogP contribution >= 0.6 is 0 Å². The minimum atomic E-state index is 0.351. The third kappa shape index (κ3) is 1.36. The van der Waals surface area contributed by atoms with E-state index in [1.807, 2.05) is 0 Å². The predicted molar refractivity (Wildman–Crippen MR) is 87.3 cm³/mol. The zero-order valence-corrected chi connectivity index (χ0v) is 12.5. The fraction of sp³-hybridized carbons (Fsp3) is 0.429. The van der Waals surface area contributed by atoms with Crippen molar-refractivity contribution in [1.82, 2.24) is 0 Å². The largest absolute Gasteiger partial charge is 0.0619 e. The van der Waals surface area contributed by atoms with Gasteiger partial charge in [-0.1, -0.05) is 61.4 Å². The van der Waals surface area contributed by atoms with E-state index < -0.39 is 0 Å². The summed E-state index contributed by atoms with van der Waals surface area (Å²) in [5, 5.41) is 0. The number of benzene rings is 2. The van der Waals surface area contributed by atoms with Gasteiger partial charge in [0.1, 0.15) is 0 Å². The molecule has 2 aromatic carbocycles. The van der Waals surface area contributed by atoms with Crippen LogP contribution in [0.1, 0.15) is 49.7 Å². The standard InChI is InChI=1S/C21H22/c1-2-8-16-14-13-15(7-1)21(16)19-11-5-3-9-17(19)18-10-4-6-12-20(18)21/h3-6,9-12,15-16H,1-2,7-8,13-14H2. The Morgan fingerprint density at radius 1 is 0.619 bits per heavy atom. The third-order valence-electron chi connectivity index (χ3n) is 6.54. The average molecular weight is 274 g/mol. The molecule has 2 atom stereocenters. The van der Waals surface area contributed by atoms with Crippen LogP contribution in [-0.4, -0.2) is 0 Å². The minimum absolute atomic E-state index is 0.351. The molecule has 0 radical (unpaired) electrons. The summed E-state index contributed by atoms with van der Waals surface area (Å²) in [6, 6.07) is 18.5. The first-order valence-corrected chi connectivity index (χ1v) is 8.62. The average Bonchev–Trinajstić information content (AvgIpc) is 2.94. The van der Waals surface area contributed by atoms with Gasteiger partial charge in [0.25, 0.3) is 0 Å². The van der Waals surface area contributed by atoms with Gasteiger partial charge in [0.2, 0.25) is 0 Å². The summed E-state index contributed by atoms with van der Waals surface area (Å²) in [5.41, 5.74) is 6.70. The Kier molecular flexibility index (Phi) is 2.42. The third-order valence-corrected chi connectivity index (χ3v) is 6.54. The van der Waals surface area contributed by atoms with E-state index in [0.29, 0.717) is 5.41 Å². The highest BCUT2D eigenvalue weighted by Crippen LogP contribution is 2.64. The molecule has 3 aliphatic carbocycles. The molecule has 0 heterocycles. The molecule has 0 amide bonds. The maximum atomic E-state index is 2.44. The van der Waals surface area contributed by atoms with Crippen LogP contribution in [0.5, 0.6) is 0 Å². The first kappa shape index (κ1) is 12.0. The quantitative estimate of drug-likeness (QED) is 0.590. The zero-order valence-electron chi connectivity index (χ0n) is 12.5. The summed E-state index contributed by atoms with van der Waals surface area (Å²) in [4.78, 5) is 0. The molecular formula is C21H22. The predicted octanol–water partition coefficient (Wildman–Crippen LogP) is 5.55. The Morgan fingerprint density at radius 3 is 1.62 bits per heavy atom. The number of hydrogen-bond acceptors (Lipinski definition) is 0. The summed E-state index contributed by atoms with van der Waals surface area (Å²) >= 11 is 0. The molecular weight excluding hydrogens is 252 g/mol. The lowest BCUT2D eigenvalue weighted by atomic mass is 9.65. The van der Waals surface area contributed by atoms with Gasteiger partial charge < -0.3 is 0 Å². The molecule has 2 aromatic rings. The van der Waals surface area contributed by atoms with E-state index in [-0.39, 0.29) is 0 Å². The lowest BCUT2D eigenvalue weighted by Gasteiger charge is -2.38. The Hall–Kier alpha value is -1.56. The second-order valence-electron chi connectivity index (χ2n) is 7.22. The highest BCUT2D eigenvalue weighted by atomic mass is 14.6. The molecule has 0 nitrogen and oxygen atoms in total. The maximum Gasteiger partial charge on any atom is 0.0271 e. The second-order valence-corrected chi connectivity index (χ2v) is 7.22. The Morgan fingerprint density at radius 2 is 1.10 bits per heavy atom. The summed E-state index contributed by atoms with van der Waals surface area (Å²) in [7, 11) is 0. The van der Waals surface area contributed by atoms with Crippen LogP contribution in [0.25, 0.3) is 11.1 Å². The summed E-state index contributed by atoms with van der Waals surface area (Å²) in [5.74, 6) is 1.74. The van der Waals surface area contributed by atoms with Gasteiger partial charge in [-0.3, -0.25) is 0 Å². The van der Waals surface area contributed by atoms with Gasteiger partial charge in [0, 0.05) is 5.41 Å². The van der Waals surface area contributed by atoms with E-state index in [1.165, 1.54) is 49.7 Å². The van der Waals surface area contributed by atoms with Crippen molar-refractivity contribution in [3.63, 3.8) is 0 Å². The van der Waals surface area contributed by atoms with Crippen LogP contribution < -0.4 is 0 Å². The first-order valence-electron chi connectivity index (χ1n) is 8.62. The van der Waals surface area contributed by atoms with E-state index in [1.54, 1.807) is 11.1 Å². The van der Waals surface area contributed by atoms with Crippen molar-refractivity contribution >= 4 is 0 Å². The van der Waals surface area contributed by atoms with Gasteiger partial charge in [-0.05, 0) is 59.8 Å². The molecule has 2 fully saturated rings. The van der Waals surface area contributed by atoms with Gasteiger partial charge in [0.05, 0.1) is 0 Å². The van der Waals surface area contributed by atoms with Crippen LogP contribution in [0.15, 0.2) is 48.5 Å². The summed E-state index contributed by atoms with van der Waals surface area (Å²) < 4.78 is 0. The van der Waals surface area contributed by atoms with Crippen molar-refractivity contribution in [2.75, 3.05) is 0 Å². The normalized spacial score (nSPS) is 28.2. The van der Waals surface area contributed by atoms with E-state index in [2.05, 4.69) is 48.5 Å². The second kappa shape index (κ2) is 4.22. The van der Waals surface area contributed by atoms with Gasteiger partial charge >= 0.3 is 0 Å². The molecule has 2 bridgehead atoms. The number of fused-ring (bicyclic) bond motifs is 3. The first-order chi connectivity index (χ1) is 10.4. The molecule has 21 heavy (non-hydrogen) atoms. The van der Waals surface area contributed by atoms with Gasteiger partial charge in [-0.15, -0.1) is 0 Å². The van der Waals surface area contributed by atoms with Crippen molar-refractivity contribution in [3.8, 4) is 11.1 Å². The number of rotatable bonds is 0. The topological polar surface area (TPSA) is 0 Å². The Labute approximate surface area is 127 Å². The van der Waals surface area contributed by atoms with Gasteiger partial charge in [-0.2, -0.15) is 0 Å². The highest BCUT2D eigenvalue weighted by Gasteiger charge is 2.56. The molecule has 0 aliphatic heterocycles. The lowest BCUT2D eigenvalue weighted by molar-refractivity contribution is 0.307. The van der Waals surface area contributed by atoms with E-state index in [0.717, 1.165) is 11.8 Å². The van der Waals surface area contributed by atoms with Crippen molar-refractivity contribution in [1.29, 1.82) is 0 Å². The van der Waals surface area contributed by atoms with Crippen LogP contribution in [0.2, 0.25) is 0 Å². The molecule has 2 saturated carbocycles. The summed E-state index contributed by atoms with van der Waals surface area (Å²) in [6.07, 6.45) is 8.61. The number of hydrogen-bond donors (Lipinski definition) is 0. The molecule has 1 spiro atoms. The Bertz CT molecular complexity index is 635. The van der Waals surface area contributed by atoms with Gasteiger partial charge in [-0.25, -0.2) is 0 Å². The van der Waals surface area contributed by atoms with Gasteiger partial charge in [0.15, 0.2) is 0 Å². The maximum absolute atomic E-state index is 2.44. The van der Waals surface area contributed by atoms with Crippen molar-refractivity contribution in [3.05, 3.63) is 59.7 Å². The molecule has 106 valence electrons. The molecule has 2 unspecified atom stereocenters. The van der Waals surface area contributed by atoms with Crippen LogP contribution in [-0.2, 0) is 5.41 Å². The zero-order chi connectivity index (χ0) is 13.9. The lowest BCUT2D eigenvalue weighted by Crippen LogP contribution is -2.35.